The van der Waals surface area contributed by atoms with E-state index in [0.29, 0.717) is 23.0 Å². The fourth-order valence-corrected chi connectivity index (χ4v) is 6.33. The van der Waals surface area contributed by atoms with Crippen molar-refractivity contribution in [2.75, 3.05) is 5.32 Å². The van der Waals surface area contributed by atoms with Gasteiger partial charge in [0, 0.05) is 6.07 Å². The molecule has 0 saturated heterocycles. The lowest BCUT2D eigenvalue weighted by Crippen LogP contribution is -2.60. The van der Waals surface area contributed by atoms with Gasteiger partial charge in [-0.2, -0.15) is 0 Å². The van der Waals surface area contributed by atoms with Gasteiger partial charge in [-0.05, 0) is 78.4 Å². The van der Waals surface area contributed by atoms with Crippen LogP contribution in [0.5, 0.6) is 0 Å². The minimum atomic E-state index is -0.621. The lowest BCUT2D eigenvalue weighted by molar-refractivity contribution is -0.150. The maximum Gasteiger partial charge on any atom is 0.230 e. The van der Waals surface area contributed by atoms with Gasteiger partial charge in [-0.1, -0.05) is 0 Å². The van der Waals surface area contributed by atoms with Gasteiger partial charge in [-0.3, -0.25) is 4.79 Å². The zero-order valence-electron chi connectivity index (χ0n) is 14.6. The van der Waals surface area contributed by atoms with Crippen molar-refractivity contribution in [1.29, 1.82) is 0 Å². The van der Waals surface area contributed by atoms with E-state index in [1.165, 1.54) is 0 Å². The molecule has 27 heavy (non-hydrogen) atoms. The summed E-state index contributed by atoms with van der Waals surface area (Å²) in [6, 6.07) is 3.13. The van der Waals surface area contributed by atoms with Gasteiger partial charge < -0.3 is 5.32 Å². The molecule has 8 heteroatoms. The monoisotopic (exact) mass is 436 g/mol. The van der Waals surface area contributed by atoms with Crippen LogP contribution in [0.1, 0.15) is 38.5 Å². The summed E-state index contributed by atoms with van der Waals surface area (Å²) >= 11 is 3.31. The molecule has 1 aromatic carbocycles. The van der Waals surface area contributed by atoms with Crippen LogP contribution in [0, 0.1) is 28.9 Å². The number of amides is 1. The molecule has 4 aliphatic carbocycles. The summed E-state index contributed by atoms with van der Waals surface area (Å²) in [5, 5.41) is 7.16. The van der Waals surface area contributed by atoms with E-state index in [0.717, 1.165) is 50.3 Å². The Hall–Kier alpha value is -1.83. The summed E-state index contributed by atoms with van der Waals surface area (Å²) in [5.74, 6) is -0.509. The van der Waals surface area contributed by atoms with Gasteiger partial charge in [-0.25, -0.2) is 18.4 Å². The number of aromatic nitrogens is 3. The van der Waals surface area contributed by atoms with E-state index in [9.17, 15) is 13.6 Å². The summed E-state index contributed by atoms with van der Waals surface area (Å²) in [7, 11) is 0. The minimum Gasteiger partial charge on any atom is -0.323 e. The molecule has 4 fully saturated rings. The van der Waals surface area contributed by atoms with Crippen molar-refractivity contribution in [2.24, 2.45) is 17.3 Å². The van der Waals surface area contributed by atoms with Crippen LogP contribution >= 0.6 is 15.9 Å². The third kappa shape index (κ3) is 2.71. The van der Waals surface area contributed by atoms with E-state index in [4.69, 9.17) is 0 Å². The van der Waals surface area contributed by atoms with E-state index >= 15 is 0 Å². The quantitative estimate of drug-likeness (QED) is 0.781. The molecular weight excluding hydrogens is 418 g/mol. The lowest BCUT2D eigenvalue weighted by Gasteiger charge is -2.60. The first-order valence-corrected chi connectivity index (χ1v) is 10.0. The number of halogens is 3. The molecule has 2 aromatic rings. The first-order valence-electron chi connectivity index (χ1n) is 9.22. The molecule has 0 aliphatic heterocycles. The highest BCUT2D eigenvalue weighted by molar-refractivity contribution is 9.10. The van der Waals surface area contributed by atoms with Crippen molar-refractivity contribution in [3.63, 3.8) is 0 Å². The van der Waals surface area contributed by atoms with Gasteiger partial charge in [0.15, 0.2) is 0 Å². The first kappa shape index (κ1) is 17.3. The summed E-state index contributed by atoms with van der Waals surface area (Å²) in [4.78, 5) is 17.5. The second-order valence-electron chi connectivity index (χ2n) is 8.50. The summed E-state index contributed by atoms with van der Waals surface area (Å²) in [6.45, 7) is 0. The van der Waals surface area contributed by atoms with Crippen LogP contribution in [0.15, 0.2) is 29.3 Å². The molecule has 142 valence electrons. The van der Waals surface area contributed by atoms with Crippen molar-refractivity contribution in [3.05, 3.63) is 40.9 Å². The Bertz CT molecular complexity index is 916. The summed E-state index contributed by atoms with van der Waals surface area (Å²) in [5.41, 5.74) is -0.879. The molecule has 0 radical (unpaired) electrons. The molecule has 0 unspecified atom stereocenters. The second kappa shape index (κ2) is 5.83. The Morgan fingerprint density at radius 1 is 1.22 bits per heavy atom. The van der Waals surface area contributed by atoms with Crippen LogP contribution in [0.25, 0.3) is 0 Å². The summed E-state index contributed by atoms with van der Waals surface area (Å²) < 4.78 is 30.0. The fraction of sp³-hybridized carbons (Fsp3) is 0.526. The van der Waals surface area contributed by atoms with Crippen LogP contribution in [0.4, 0.5) is 14.5 Å². The standard InChI is InChI=1S/C19H19BrF2N4O/c20-17-23-10-26(25-17)19-7-11-3-12(8-19)6-18(5-11,9-19)16(27)24-15-4-13(21)1-2-14(15)22/h1-2,4,10-12H,3,5-9H2,(H,24,27)/t11-,12-,18?,19?/m0/s1. The Morgan fingerprint density at radius 3 is 2.63 bits per heavy atom. The molecule has 0 spiro atoms. The molecule has 1 N–H and O–H groups in total. The topological polar surface area (TPSA) is 59.8 Å². The third-order valence-corrected chi connectivity index (χ3v) is 7.00. The van der Waals surface area contributed by atoms with Crippen LogP contribution in [-0.4, -0.2) is 20.7 Å². The number of carbonyl (C=O) groups excluding carboxylic acids is 1. The van der Waals surface area contributed by atoms with Crippen molar-refractivity contribution in [1.82, 2.24) is 14.8 Å². The van der Waals surface area contributed by atoms with E-state index in [1.54, 1.807) is 6.33 Å². The van der Waals surface area contributed by atoms with Crippen molar-refractivity contribution < 1.29 is 13.6 Å². The van der Waals surface area contributed by atoms with Crippen LogP contribution < -0.4 is 5.32 Å². The molecule has 4 bridgehead atoms. The average molecular weight is 437 g/mol. The van der Waals surface area contributed by atoms with Crippen LogP contribution in [0.3, 0.4) is 0 Å². The van der Waals surface area contributed by atoms with Gasteiger partial charge in [-0.15, -0.1) is 5.10 Å². The lowest BCUT2D eigenvalue weighted by atomic mass is 9.46. The largest absolute Gasteiger partial charge is 0.323 e. The minimum absolute atomic E-state index is 0.0895. The average Bonchev–Trinajstić information content (AvgIpc) is 3.04. The Balaban J connectivity index is 1.48. The molecule has 1 heterocycles. The molecule has 2 atom stereocenters. The highest BCUT2D eigenvalue weighted by Gasteiger charge is 2.61. The van der Waals surface area contributed by atoms with Gasteiger partial charge >= 0.3 is 0 Å². The molecule has 5 nitrogen and oxygen atoms in total. The van der Waals surface area contributed by atoms with Gasteiger partial charge in [0.1, 0.15) is 18.0 Å². The number of hydrogen-bond acceptors (Lipinski definition) is 3. The zero-order chi connectivity index (χ0) is 18.8. The van der Waals surface area contributed by atoms with Gasteiger partial charge in [0.25, 0.3) is 0 Å². The maximum atomic E-state index is 14.0. The van der Waals surface area contributed by atoms with Crippen LogP contribution in [0.2, 0.25) is 0 Å². The van der Waals surface area contributed by atoms with E-state index in [2.05, 4.69) is 31.3 Å². The number of hydrogen-bond donors (Lipinski definition) is 1. The number of carbonyl (C=O) groups is 1. The van der Waals surface area contributed by atoms with Crippen molar-refractivity contribution >= 4 is 27.5 Å². The number of anilines is 1. The van der Waals surface area contributed by atoms with Crippen molar-refractivity contribution in [3.8, 4) is 0 Å². The fourth-order valence-electron chi connectivity index (χ4n) is 6.07. The predicted octanol–water partition coefficient (Wildman–Crippen LogP) is 4.25. The molecule has 4 saturated carbocycles. The van der Waals surface area contributed by atoms with Crippen LogP contribution in [-0.2, 0) is 10.3 Å². The number of benzene rings is 1. The van der Waals surface area contributed by atoms with E-state index in [-0.39, 0.29) is 17.1 Å². The Kier molecular flexibility index (Phi) is 3.73. The number of nitrogens with zero attached hydrogens (tertiary/aromatic N) is 3. The Labute approximate surface area is 163 Å². The van der Waals surface area contributed by atoms with Crippen molar-refractivity contribution in [2.45, 2.75) is 44.1 Å². The van der Waals surface area contributed by atoms with E-state index < -0.39 is 17.0 Å². The Morgan fingerprint density at radius 2 is 1.96 bits per heavy atom. The third-order valence-electron chi connectivity index (χ3n) is 6.64. The normalized spacial score (nSPS) is 34.0. The molecular formula is C19H19BrF2N4O. The highest BCUT2D eigenvalue weighted by Crippen LogP contribution is 2.64. The maximum absolute atomic E-state index is 14.0. The van der Waals surface area contributed by atoms with Gasteiger partial charge in [0.2, 0.25) is 10.6 Å². The number of nitrogens with one attached hydrogen (secondary N) is 1. The highest BCUT2D eigenvalue weighted by atomic mass is 79.9. The SMILES string of the molecule is O=C(Nc1cc(F)ccc1F)C12C[C@@H]3C[C@@H](C1)CC(n1cnc(Br)n1)(C3)C2. The molecule has 1 aromatic heterocycles. The first-order chi connectivity index (χ1) is 12.9. The molecule has 1 amide bonds. The molecule has 4 aliphatic rings. The smallest absolute Gasteiger partial charge is 0.230 e. The summed E-state index contributed by atoms with van der Waals surface area (Å²) in [6.07, 6.45) is 7.08. The number of rotatable bonds is 3. The van der Waals surface area contributed by atoms with E-state index in [1.807, 2.05) is 4.68 Å². The predicted molar refractivity (Wildman–Crippen MR) is 97.8 cm³/mol. The van der Waals surface area contributed by atoms with Gasteiger partial charge in [0.05, 0.1) is 16.6 Å². The zero-order valence-corrected chi connectivity index (χ0v) is 16.2. The molecule has 6 rings (SSSR count). The second-order valence-corrected chi connectivity index (χ2v) is 9.21.